The predicted octanol–water partition coefficient (Wildman–Crippen LogP) is 5.73. The molecule has 0 saturated heterocycles. The SMILES string of the molecule is CCOc1cccc2c1Oc1c(c(=O)n(-c3ccc(CC)cc3)n1CC(=O)Nc1ccc(Cl)cc1F)C2. The Kier molecular flexibility index (Phi) is 6.76. The van der Waals surface area contributed by atoms with Crippen molar-refractivity contribution < 1.29 is 18.7 Å². The Morgan fingerprint density at radius 2 is 1.92 bits per heavy atom. The average Bonchev–Trinajstić information content (AvgIpc) is 3.15. The van der Waals surface area contributed by atoms with Crippen molar-refractivity contribution in [3.05, 3.63) is 98.5 Å². The van der Waals surface area contributed by atoms with Crippen molar-refractivity contribution in [2.24, 2.45) is 0 Å². The zero-order valence-corrected chi connectivity index (χ0v) is 21.1. The lowest BCUT2D eigenvalue weighted by Crippen LogP contribution is -2.27. The maximum Gasteiger partial charge on any atom is 0.278 e. The summed E-state index contributed by atoms with van der Waals surface area (Å²) in [4.78, 5) is 26.8. The summed E-state index contributed by atoms with van der Waals surface area (Å²) in [7, 11) is 0. The number of rotatable bonds is 7. The summed E-state index contributed by atoms with van der Waals surface area (Å²) in [6.07, 6.45) is 1.16. The molecule has 37 heavy (non-hydrogen) atoms. The van der Waals surface area contributed by atoms with Crippen molar-refractivity contribution in [2.45, 2.75) is 33.2 Å². The van der Waals surface area contributed by atoms with Gasteiger partial charge in [-0.2, -0.15) is 0 Å². The second-order valence-electron chi connectivity index (χ2n) is 8.61. The van der Waals surface area contributed by atoms with Crippen molar-refractivity contribution in [2.75, 3.05) is 11.9 Å². The number of hydrogen-bond donors (Lipinski definition) is 1. The Hall–Kier alpha value is -4.04. The first-order chi connectivity index (χ1) is 17.9. The van der Waals surface area contributed by atoms with Crippen LogP contribution in [-0.2, 0) is 24.2 Å². The second-order valence-corrected chi connectivity index (χ2v) is 9.04. The number of fused-ring (bicyclic) bond motifs is 2. The summed E-state index contributed by atoms with van der Waals surface area (Å²) in [5.41, 5.74) is 2.62. The van der Waals surface area contributed by atoms with E-state index in [1.54, 1.807) is 6.07 Å². The van der Waals surface area contributed by atoms with E-state index in [4.69, 9.17) is 21.1 Å². The highest BCUT2D eigenvalue weighted by molar-refractivity contribution is 6.30. The van der Waals surface area contributed by atoms with Gasteiger partial charge in [0, 0.05) is 17.0 Å². The van der Waals surface area contributed by atoms with E-state index in [1.807, 2.05) is 50.2 Å². The molecule has 1 amide bonds. The molecule has 1 aliphatic rings. The molecule has 5 rings (SSSR count). The van der Waals surface area contributed by atoms with E-state index in [1.165, 1.54) is 21.5 Å². The number of para-hydroxylation sites is 1. The largest absolute Gasteiger partial charge is 0.490 e. The maximum atomic E-state index is 14.3. The first-order valence-corrected chi connectivity index (χ1v) is 12.4. The normalized spacial score (nSPS) is 11.9. The number of aromatic nitrogens is 2. The first-order valence-electron chi connectivity index (χ1n) is 12.0. The molecule has 2 heterocycles. The van der Waals surface area contributed by atoms with Gasteiger partial charge < -0.3 is 14.8 Å². The Balaban J connectivity index is 1.59. The van der Waals surface area contributed by atoms with Gasteiger partial charge in [0.2, 0.25) is 11.8 Å². The third-order valence-electron chi connectivity index (χ3n) is 6.20. The molecule has 0 aliphatic carbocycles. The van der Waals surface area contributed by atoms with E-state index in [9.17, 15) is 14.0 Å². The minimum atomic E-state index is -0.658. The average molecular weight is 522 g/mol. The van der Waals surface area contributed by atoms with Crippen molar-refractivity contribution in [3.8, 4) is 23.1 Å². The van der Waals surface area contributed by atoms with Crippen molar-refractivity contribution in [1.82, 2.24) is 9.36 Å². The van der Waals surface area contributed by atoms with E-state index >= 15 is 0 Å². The number of hydrogen-bond acceptors (Lipinski definition) is 4. The number of benzene rings is 3. The molecule has 9 heteroatoms. The summed E-state index contributed by atoms with van der Waals surface area (Å²) in [6, 6.07) is 17.1. The molecule has 0 atom stereocenters. The highest BCUT2D eigenvalue weighted by atomic mass is 35.5. The van der Waals surface area contributed by atoms with Gasteiger partial charge in [-0.3, -0.25) is 9.59 Å². The summed E-state index contributed by atoms with van der Waals surface area (Å²) in [6.45, 7) is 4.07. The molecule has 7 nitrogen and oxygen atoms in total. The van der Waals surface area contributed by atoms with Crippen LogP contribution >= 0.6 is 11.6 Å². The smallest absolute Gasteiger partial charge is 0.278 e. The molecule has 190 valence electrons. The maximum absolute atomic E-state index is 14.3. The number of ether oxygens (including phenoxy) is 2. The van der Waals surface area contributed by atoms with Gasteiger partial charge in [0.05, 0.1) is 23.5 Å². The van der Waals surface area contributed by atoms with Crippen LogP contribution < -0.4 is 20.3 Å². The number of anilines is 1. The standard InChI is InChI=1S/C28H25ClFN3O4/c1-3-17-8-11-20(12-9-17)33-27(35)21-14-18-6-5-7-24(36-4-2)26(18)37-28(21)32(33)16-25(34)31-23-13-10-19(29)15-22(23)30/h5-13,15H,3-4,14,16H2,1-2H3,(H,31,34). The van der Waals surface area contributed by atoms with Gasteiger partial charge in [-0.1, -0.05) is 42.8 Å². The van der Waals surface area contributed by atoms with E-state index < -0.39 is 11.7 Å². The number of carbonyl (C=O) groups is 1. The number of aryl methyl sites for hydroxylation is 1. The fourth-order valence-electron chi connectivity index (χ4n) is 4.40. The topological polar surface area (TPSA) is 74.5 Å². The third-order valence-corrected chi connectivity index (χ3v) is 6.43. The molecule has 0 saturated carbocycles. The molecule has 3 aromatic carbocycles. The van der Waals surface area contributed by atoms with Crippen LogP contribution in [0.1, 0.15) is 30.5 Å². The van der Waals surface area contributed by atoms with Crippen molar-refractivity contribution in [3.63, 3.8) is 0 Å². The zero-order valence-electron chi connectivity index (χ0n) is 20.4. The van der Waals surface area contributed by atoms with E-state index in [-0.39, 0.29) is 28.7 Å². The fourth-order valence-corrected chi connectivity index (χ4v) is 4.56. The van der Waals surface area contributed by atoms with Crippen LogP contribution in [0.5, 0.6) is 17.4 Å². The predicted molar refractivity (Wildman–Crippen MR) is 140 cm³/mol. The number of nitrogens with one attached hydrogen (secondary N) is 1. The van der Waals surface area contributed by atoms with Gasteiger partial charge >= 0.3 is 0 Å². The molecule has 1 aliphatic heterocycles. The Morgan fingerprint density at radius 1 is 1.14 bits per heavy atom. The first kappa shape index (κ1) is 24.6. The highest BCUT2D eigenvalue weighted by Gasteiger charge is 2.31. The van der Waals surface area contributed by atoms with E-state index in [0.717, 1.165) is 23.6 Å². The van der Waals surface area contributed by atoms with Crippen LogP contribution in [0.3, 0.4) is 0 Å². The Morgan fingerprint density at radius 3 is 2.62 bits per heavy atom. The molecular weight excluding hydrogens is 497 g/mol. The van der Waals surface area contributed by atoms with Gasteiger partial charge in [-0.05, 0) is 55.3 Å². The number of amides is 1. The molecule has 1 aromatic heterocycles. The van der Waals surface area contributed by atoms with Gasteiger partial charge in [-0.25, -0.2) is 13.8 Å². The van der Waals surface area contributed by atoms with Gasteiger partial charge in [0.1, 0.15) is 12.4 Å². The van der Waals surface area contributed by atoms with Gasteiger partial charge in [0.25, 0.3) is 5.56 Å². The molecule has 4 aromatic rings. The Labute approximate surface area is 218 Å². The molecule has 0 unspecified atom stereocenters. The van der Waals surface area contributed by atoms with Crippen LogP contribution in [0.4, 0.5) is 10.1 Å². The minimum Gasteiger partial charge on any atom is -0.490 e. The quantitative estimate of drug-likeness (QED) is 0.297. The van der Waals surface area contributed by atoms with Gasteiger partial charge in [0.15, 0.2) is 11.5 Å². The monoisotopic (exact) mass is 521 g/mol. The lowest BCUT2D eigenvalue weighted by atomic mass is 10.0. The fraction of sp³-hybridized carbons (Fsp3) is 0.214. The van der Waals surface area contributed by atoms with Crippen LogP contribution in [0.15, 0.2) is 65.5 Å². The lowest BCUT2D eigenvalue weighted by molar-refractivity contribution is -0.117. The summed E-state index contributed by atoms with van der Waals surface area (Å²) < 4.78 is 29.2. The summed E-state index contributed by atoms with van der Waals surface area (Å²) in [5.74, 6) is 0.112. The zero-order chi connectivity index (χ0) is 26.1. The Bertz CT molecular complexity index is 1540. The minimum absolute atomic E-state index is 0.0125. The summed E-state index contributed by atoms with van der Waals surface area (Å²) >= 11 is 5.83. The molecule has 0 radical (unpaired) electrons. The van der Waals surface area contributed by atoms with Crippen LogP contribution in [0.25, 0.3) is 5.69 Å². The van der Waals surface area contributed by atoms with Crippen molar-refractivity contribution >= 4 is 23.2 Å². The van der Waals surface area contributed by atoms with E-state index in [2.05, 4.69) is 5.32 Å². The van der Waals surface area contributed by atoms with Crippen LogP contribution in [0.2, 0.25) is 5.02 Å². The highest BCUT2D eigenvalue weighted by Crippen LogP contribution is 2.42. The number of halogens is 2. The third kappa shape index (κ3) is 4.72. The molecule has 0 spiro atoms. The lowest BCUT2D eigenvalue weighted by Gasteiger charge is -2.21. The molecule has 0 bridgehead atoms. The molecular formula is C28H25ClFN3O4. The second kappa shape index (κ2) is 10.1. The summed E-state index contributed by atoms with van der Waals surface area (Å²) in [5, 5.41) is 2.78. The van der Waals surface area contributed by atoms with Crippen molar-refractivity contribution in [1.29, 1.82) is 0 Å². The number of carbonyl (C=O) groups excluding carboxylic acids is 1. The van der Waals surface area contributed by atoms with Crippen LogP contribution in [0, 0.1) is 5.82 Å². The number of nitrogens with zero attached hydrogens (tertiary/aromatic N) is 2. The molecule has 0 fully saturated rings. The van der Waals surface area contributed by atoms with Gasteiger partial charge in [-0.15, -0.1) is 0 Å². The van der Waals surface area contributed by atoms with Crippen LogP contribution in [-0.4, -0.2) is 21.9 Å². The molecule has 1 N–H and O–H groups in total. The van der Waals surface area contributed by atoms with E-state index in [0.29, 0.717) is 35.8 Å².